The third-order valence-electron chi connectivity index (χ3n) is 6.27. The molecule has 0 spiro atoms. The van der Waals surface area contributed by atoms with Crippen LogP contribution >= 0.6 is 0 Å². The van der Waals surface area contributed by atoms with Crippen molar-refractivity contribution in [2.45, 2.75) is 12.8 Å². The van der Waals surface area contributed by atoms with Crippen molar-refractivity contribution in [1.82, 2.24) is 30.4 Å². The number of amides is 3. The van der Waals surface area contributed by atoms with Crippen LogP contribution in [-0.4, -0.2) is 62.6 Å². The lowest BCUT2D eigenvalue weighted by Crippen LogP contribution is -2.45. The van der Waals surface area contributed by atoms with Crippen LogP contribution in [0.3, 0.4) is 0 Å². The quantitative estimate of drug-likeness (QED) is 0.443. The van der Waals surface area contributed by atoms with Crippen molar-refractivity contribution >= 4 is 29.6 Å². The number of anilines is 1. The number of piperidine rings is 1. The zero-order valence-electron chi connectivity index (χ0n) is 20.9. The number of carbonyl (C=O) groups excluding carboxylic acids is 3. The van der Waals surface area contributed by atoms with E-state index < -0.39 is 11.9 Å². The Balaban J connectivity index is 1.33. The van der Waals surface area contributed by atoms with Crippen LogP contribution in [-0.2, 0) is 16.6 Å². The lowest BCUT2D eigenvalue weighted by atomic mass is 9.95. The van der Waals surface area contributed by atoms with Crippen molar-refractivity contribution in [3.8, 4) is 11.4 Å². The molecule has 3 aromatic rings. The molecular formula is C27H28FN7O3. The van der Waals surface area contributed by atoms with E-state index in [1.165, 1.54) is 16.8 Å². The molecule has 0 radical (unpaired) electrons. The van der Waals surface area contributed by atoms with Gasteiger partial charge in [0.15, 0.2) is 5.82 Å². The fraction of sp³-hybridized carbons (Fsp3) is 0.296. The van der Waals surface area contributed by atoms with Crippen LogP contribution in [0.4, 0.5) is 14.9 Å². The van der Waals surface area contributed by atoms with Crippen LogP contribution in [0.1, 0.15) is 18.4 Å². The number of likely N-dealkylation sites (tertiary alicyclic amines) is 1. The smallest absolute Gasteiger partial charge is 0.319 e. The standard InChI is InChI=1S/C27H28FN7O3/c1-34-25(31-32-33-34)21-5-2-6-24(16-21)30-27(38)29-17-22(13-15-36)26(37)35-14-3-4-20(18-35)8-7-19-9-11-23(28)12-10-19/h2,5-13,16,20,22H,3-4,14,17-18H2,1H3,(H2,29,30,38)/b8-7+. The van der Waals surface area contributed by atoms with Crippen molar-refractivity contribution in [2.75, 3.05) is 25.0 Å². The molecule has 2 N–H and O–H groups in total. The molecule has 2 unspecified atom stereocenters. The van der Waals surface area contributed by atoms with E-state index in [0.717, 1.165) is 30.0 Å². The molecule has 3 amide bonds. The molecule has 2 aromatic carbocycles. The highest BCUT2D eigenvalue weighted by molar-refractivity contribution is 5.91. The zero-order valence-corrected chi connectivity index (χ0v) is 20.9. The number of tetrazole rings is 1. The molecule has 1 fully saturated rings. The lowest BCUT2D eigenvalue weighted by Gasteiger charge is -2.33. The summed E-state index contributed by atoms with van der Waals surface area (Å²) >= 11 is 0. The molecule has 1 aliphatic heterocycles. The first-order valence-corrected chi connectivity index (χ1v) is 12.2. The minimum Gasteiger partial charge on any atom is -0.342 e. The van der Waals surface area contributed by atoms with E-state index in [2.05, 4.69) is 26.2 Å². The van der Waals surface area contributed by atoms with Crippen molar-refractivity contribution in [3.63, 3.8) is 0 Å². The lowest BCUT2D eigenvalue weighted by molar-refractivity contribution is -0.135. The summed E-state index contributed by atoms with van der Waals surface area (Å²) < 4.78 is 14.6. The van der Waals surface area contributed by atoms with Gasteiger partial charge in [-0.15, -0.1) is 5.10 Å². The van der Waals surface area contributed by atoms with Gasteiger partial charge in [0.1, 0.15) is 11.8 Å². The predicted molar refractivity (Wildman–Crippen MR) is 140 cm³/mol. The fourth-order valence-corrected chi connectivity index (χ4v) is 4.31. The number of halogens is 1. The summed E-state index contributed by atoms with van der Waals surface area (Å²) in [6, 6.07) is 12.7. The Kier molecular flexibility index (Phi) is 8.73. The highest BCUT2D eigenvalue weighted by Gasteiger charge is 2.27. The second kappa shape index (κ2) is 12.6. The van der Waals surface area contributed by atoms with Gasteiger partial charge in [-0.2, -0.15) is 0 Å². The van der Waals surface area contributed by atoms with E-state index in [4.69, 9.17) is 0 Å². The van der Waals surface area contributed by atoms with Gasteiger partial charge in [0, 0.05) is 44.0 Å². The molecule has 1 aliphatic rings. The van der Waals surface area contributed by atoms with Gasteiger partial charge < -0.3 is 15.5 Å². The molecule has 0 saturated carbocycles. The molecule has 196 valence electrons. The minimum absolute atomic E-state index is 0.0562. The van der Waals surface area contributed by atoms with Crippen molar-refractivity contribution in [1.29, 1.82) is 0 Å². The fourth-order valence-electron chi connectivity index (χ4n) is 4.31. The maximum absolute atomic E-state index is 13.2. The Morgan fingerprint density at radius 1 is 1.24 bits per heavy atom. The van der Waals surface area contributed by atoms with Crippen LogP contribution in [0.5, 0.6) is 0 Å². The molecule has 0 aliphatic carbocycles. The molecule has 2 atom stereocenters. The molecule has 1 aromatic heterocycles. The molecule has 0 bridgehead atoms. The Morgan fingerprint density at radius 3 is 2.79 bits per heavy atom. The van der Waals surface area contributed by atoms with E-state index in [-0.39, 0.29) is 24.2 Å². The number of urea groups is 1. The van der Waals surface area contributed by atoms with E-state index in [0.29, 0.717) is 24.6 Å². The average molecular weight is 518 g/mol. The van der Waals surface area contributed by atoms with E-state index >= 15 is 0 Å². The Labute approximate surface area is 219 Å². The maximum Gasteiger partial charge on any atom is 0.319 e. The molecule has 2 heterocycles. The van der Waals surface area contributed by atoms with Gasteiger partial charge in [-0.25, -0.2) is 18.7 Å². The summed E-state index contributed by atoms with van der Waals surface area (Å²) in [6.45, 7) is 1.01. The summed E-state index contributed by atoms with van der Waals surface area (Å²) in [4.78, 5) is 38.6. The summed E-state index contributed by atoms with van der Waals surface area (Å²) in [5.41, 5.74) is 2.12. The molecule has 10 nitrogen and oxygen atoms in total. The van der Waals surface area contributed by atoms with Crippen LogP contribution in [0.15, 0.2) is 60.7 Å². The zero-order chi connectivity index (χ0) is 26.9. The molecule has 1 saturated heterocycles. The van der Waals surface area contributed by atoms with Crippen LogP contribution < -0.4 is 10.6 Å². The first-order valence-electron chi connectivity index (χ1n) is 12.2. The first kappa shape index (κ1) is 26.4. The normalized spacial score (nSPS) is 16.1. The molecule has 11 heteroatoms. The minimum atomic E-state index is -0.839. The Bertz CT molecular complexity index is 1350. The number of carbonyl (C=O) groups is 2. The third kappa shape index (κ3) is 6.98. The number of nitrogens with zero attached hydrogens (tertiary/aromatic N) is 5. The van der Waals surface area contributed by atoms with Gasteiger partial charge in [-0.1, -0.05) is 36.4 Å². The summed E-state index contributed by atoms with van der Waals surface area (Å²) in [5, 5.41) is 16.8. The van der Waals surface area contributed by atoms with E-state index in [9.17, 15) is 18.8 Å². The van der Waals surface area contributed by atoms with Gasteiger partial charge in [0.25, 0.3) is 0 Å². The van der Waals surface area contributed by atoms with Crippen molar-refractivity contribution in [2.24, 2.45) is 18.9 Å². The second-order valence-electron chi connectivity index (χ2n) is 9.03. The van der Waals surface area contributed by atoms with E-state index in [1.54, 1.807) is 48.2 Å². The second-order valence-corrected chi connectivity index (χ2v) is 9.03. The van der Waals surface area contributed by atoms with Gasteiger partial charge in [0.05, 0.1) is 5.92 Å². The van der Waals surface area contributed by atoms with Gasteiger partial charge >= 0.3 is 6.03 Å². The summed E-state index contributed by atoms with van der Waals surface area (Å²) in [6.07, 6.45) is 6.81. The monoisotopic (exact) mass is 517 g/mol. The van der Waals surface area contributed by atoms with Crippen molar-refractivity contribution < 1.29 is 18.8 Å². The van der Waals surface area contributed by atoms with Gasteiger partial charge in [0.2, 0.25) is 5.91 Å². The number of hydrogen-bond donors (Lipinski definition) is 2. The Hall–Kier alpha value is -4.63. The first-order chi connectivity index (χ1) is 18.4. The number of rotatable bonds is 8. The predicted octanol–water partition coefficient (Wildman–Crippen LogP) is 3.09. The highest BCUT2D eigenvalue weighted by atomic mass is 19.1. The highest BCUT2D eigenvalue weighted by Crippen LogP contribution is 2.22. The number of nitrogens with one attached hydrogen (secondary N) is 2. The summed E-state index contributed by atoms with van der Waals surface area (Å²) in [7, 11) is 1.71. The summed E-state index contributed by atoms with van der Waals surface area (Å²) in [5.74, 6) is 0.993. The third-order valence-corrected chi connectivity index (χ3v) is 6.27. The van der Waals surface area contributed by atoms with Crippen molar-refractivity contribution in [3.05, 3.63) is 72.1 Å². The number of aryl methyl sites for hydroxylation is 1. The molecule has 38 heavy (non-hydrogen) atoms. The number of hydrogen-bond acceptors (Lipinski definition) is 6. The number of benzene rings is 2. The SMILES string of the molecule is Cn1nnnc1-c1cccc(NC(=O)NCC(C=C=O)C(=O)N2CCCC(/C=C/c3ccc(F)cc3)C2)c1. The largest absolute Gasteiger partial charge is 0.342 e. The molecular weight excluding hydrogens is 489 g/mol. The molecule has 4 rings (SSSR count). The van der Waals surface area contributed by atoms with Crippen LogP contribution in [0, 0.1) is 17.7 Å². The van der Waals surface area contributed by atoms with Gasteiger partial charge in [-0.05, 0) is 59.0 Å². The van der Waals surface area contributed by atoms with Crippen LogP contribution in [0.25, 0.3) is 17.5 Å². The topological polar surface area (TPSA) is 122 Å². The van der Waals surface area contributed by atoms with E-state index in [1.807, 2.05) is 18.2 Å². The number of aromatic nitrogens is 4. The maximum atomic E-state index is 13.2. The van der Waals surface area contributed by atoms with Crippen LogP contribution in [0.2, 0.25) is 0 Å². The Morgan fingerprint density at radius 2 is 2.05 bits per heavy atom. The van der Waals surface area contributed by atoms with Gasteiger partial charge in [-0.3, -0.25) is 4.79 Å². The average Bonchev–Trinajstić information content (AvgIpc) is 3.36.